The quantitative estimate of drug-likeness (QED) is 0.637. The highest BCUT2D eigenvalue weighted by atomic mass is 16.5. The largest absolute Gasteiger partial charge is 0.376 e. The maximum Gasteiger partial charge on any atom is 0.254 e. The number of nitrogen functional groups attached to an aromatic ring is 1. The van der Waals surface area contributed by atoms with E-state index in [4.69, 9.17) is 10.6 Å². The summed E-state index contributed by atoms with van der Waals surface area (Å²) >= 11 is 0. The van der Waals surface area contributed by atoms with Crippen LogP contribution in [0.2, 0.25) is 0 Å². The minimum Gasteiger partial charge on any atom is -0.376 e. The summed E-state index contributed by atoms with van der Waals surface area (Å²) in [6.45, 7) is 6.10. The first kappa shape index (κ1) is 14.8. The number of carbonyl (C=O) groups excluding carboxylic acids is 1. The zero-order chi connectivity index (χ0) is 14.5. The van der Waals surface area contributed by atoms with Gasteiger partial charge in [0.25, 0.3) is 5.91 Å². The molecule has 1 atom stereocenters. The van der Waals surface area contributed by atoms with Crippen LogP contribution >= 0.6 is 0 Å². The van der Waals surface area contributed by atoms with Gasteiger partial charge in [-0.2, -0.15) is 0 Å². The molecule has 0 radical (unpaired) electrons. The second-order valence-corrected chi connectivity index (χ2v) is 5.15. The maximum atomic E-state index is 12.6. The molecule has 1 heterocycles. The number of nitrogens with one attached hydrogen (secondary N) is 1. The Bertz CT molecular complexity index is 470. The van der Waals surface area contributed by atoms with Gasteiger partial charge in [0.1, 0.15) is 0 Å². The molecule has 0 saturated carbocycles. The molecule has 5 nitrogen and oxygen atoms in total. The zero-order valence-electron chi connectivity index (χ0n) is 12.2. The highest BCUT2D eigenvalue weighted by Crippen LogP contribution is 2.18. The first-order valence-electron chi connectivity index (χ1n) is 7.13. The molecule has 1 aromatic carbocycles. The van der Waals surface area contributed by atoms with Crippen molar-refractivity contribution >= 4 is 11.6 Å². The summed E-state index contributed by atoms with van der Waals surface area (Å²) in [7, 11) is 0. The number of hydrogen-bond acceptors (Lipinski definition) is 4. The van der Waals surface area contributed by atoms with E-state index in [1.165, 1.54) is 0 Å². The van der Waals surface area contributed by atoms with Crippen LogP contribution in [0.3, 0.4) is 0 Å². The molecule has 5 heteroatoms. The first-order chi connectivity index (χ1) is 9.65. The summed E-state index contributed by atoms with van der Waals surface area (Å²) in [4.78, 5) is 14.5. The Morgan fingerprint density at radius 2 is 2.35 bits per heavy atom. The van der Waals surface area contributed by atoms with Crippen molar-refractivity contribution in [1.29, 1.82) is 0 Å². The lowest BCUT2D eigenvalue weighted by Gasteiger charge is -2.25. The van der Waals surface area contributed by atoms with E-state index in [1.807, 2.05) is 36.9 Å². The van der Waals surface area contributed by atoms with Gasteiger partial charge < -0.3 is 15.1 Å². The number of hydrazine groups is 1. The molecule has 1 amide bonds. The molecular formula is C15H23N3O2. The molecule has 0 aromatic heterocycles. The van der Waals surface area contributed by atoms with Crippen molar-refractivity contribution in [3.63, 3.8) is 0 Å². The van der Waals surface area contributed by atoms with Crippen LogP contribution < -0.4 is 11.3 Å². The normalized spacial score (nSPS) is 18.1. The Kier molecular flexibility index (Phi) is 4.98. The van der Waals surface area contributed by atoms with E-state index in [2.05, 4.69) is 5.43 Å². The SMILES string of the molecule is CCN(CC1CCCO1)C(=O)c1ccc(NN)cc1C. The molecule has 1 fully saturated rings. The van der Waals surface area contributed by atoms with Crippen molar-refractivity contribution in [2.75, 3.05) is 25.1 Å². The van der Waals surface area contributed by atoms with Gasteiger partial charge in [-0.3, -0.25) is 10.6 Å². The van der Waals surface area contributed by atoms with Crippen molar-refractivity contribution in [1.82, 2.24) is 4.90 Å². The fraction of sp³-hybridized carbons (Fsp3) is 0.533. The number of anilines is 1. The molecule has 110 valence electrons. The molecule has 1 saturated heterocycles. The lowest BCUT2D eigenvalue weighted by molar-refractivity contribution is 0.0538. The van der Waals surface area contributed by atoms with Crippen LogP contribution in [0.15, 0.2) is 18.2 Å². The van der Waals surface area contributed by atoms with E-state index in [0.29, 0.717) is 13.1 Å². The number of amides is 1. The number of nitrogens with two attached hydrogens (primary N) is 1. The zero-order valence-corrected chi connectivity index (χ0v) is 12.2. The fourth-order valence-corrected chi connectivity index (χ4v) is 2.55. The van der Waals surface area contributed by atoms with Crippen LogP contribution in [-0.4, -0.2) is 36.6 Å². The summed E-state index contributed by atoms with van der Waals surface area (Å²) in [5.74, 6) is 5.44. The van der Waals surface area contributed by atoms with Crippen LogP contribution in [-0.2, 0) is 4.74 Å². The van der Waals surface area contributed by atoms with Crippen LogP contribution in [0.4, 0.5) is 5.69 Å². The summed E-state index contributed by atoms with van der Waals surface area (Å²) in [6, 6.07) is 5.53. The Hall–Kier alpha value is -1.59. The van der Waals surface area contributed by atoms with Gasteiger partial charge in [0, 0.05) is 30.9 Å². The van der Waals surface area contributed by atoms with E-state index < -0.39 is 0 Å². The lowest BCUT2D eigenvalue weighted by Crippen LogP contribution is -2.37. The second-order valence-electron chi connectivity index (χ2n) is 5.15. The average molecular weight is 277 g/mol. The van der Waals surface area contributed by atoms with Crippen molar-refractivity contribution in [2.45, 2.75) is 32.8 Å². The third-order valence-electron chi connectivity index (χ3n) is 3.74. The number of aryl methyl sites for hydroxylation is 1. The van der Waals surface area contributed by atoms with E-state index in [0.717, 1.165) is 36.3 Å². The number of carbonyl (C=O) groups is 1. The molecule has 1 unspecified atom stereocenters. The van der Waals surface area contributed by atoms with Crippen molar-refractivity contribution in [3.05, 3.63) is 29.3 Å². The number of nitrogens with zero attached hydrogens (tertiary/aromatic N) is 1. The fourth-order valence-electron chi connectivity index (χ4n) is 2.55. The minimum atomic E-state index is 0.0593. The van der Waals surface area contributed by atoms with E-state index in [9.17, 15) is 4.79 Å². The average Bonchev–Trinajstić information content (AvgIpc) is 2.96. The molecule has 1 aromatic rings. The Labute approximate surface area is 120 Å². The molecule has 2 rings (SSSR count). The van der Waals surface area contributed by atoms with Crippen molar-refractivity contribution in [3.8, 4) is 0 Å². The number of likely N-dealkylation sites (N-methyl/N-ethyl adjacent to an activating group) is 1. The maximum absolute atomic E-state index is 12.6. The van der Waals surface area contributed by atoms with E-state index >= 15 is 0 Å². The summed E-state index contributed by atoms with van der Waals surface area (Å²) < 4.78 is 5.62. The molecule has 1 aliphatic rings. The van der Waals surface area contributed by atoms with Gasteiger partial charge in [0.2, 0.25) is 0 Å². The lowest BCUT2D eigenvalue weighted by atomic mass is 10.1. The van der Waals surface area contributed by atoms with Crippen molar-refractivity contribution < 1.29 is 9.53 Å². The van der Waals surface area contributed by atoms with Gasteiger partial charge in [-0.1, -0.05) is 0 Å². The van der Waals surface area contributed by atoms with E-state index in [-0.39, 0.29) is 12.0 Å². The number of rotatable bonds is 5. The monoisotopic (exact) mass is 277 g/mol. The molecular weight excluding hydrogens is 254 g/mol. The van der Waals surface area contributed by atoms with Crippen LogP contribution in [0.5, 0.6) is 0 Å². The third-order valence-corrected chi connectivity index (χ3v) is 3.74. The van der Waals surface area contributed by atoms with Gasteiger partial charge in [-0.05, 0) is 50.5 Å². The first-order valence-corrected chi connectivity index (χ1v) is 7.13. The van der Waals surface area contributed by atoms with Gasteiger partial charge in [-0.15, -0.1) is 0 Å². The molecule has 3 N–H and O–H groups in total. The van der Waals surface area contributed by atoms with Crippen LogP contribution in [0, 0.1) is 6.92 Å². The number of ether oxygens (including phenoxy) is 1. The third kappa shape index (κ3) is 3.29. The molecule has 0 spiro atoms. The Balaban J connectivity index is 2.11. The van der Waals surface area contributed by atoms with Gasteiger partial charge in [-0.25, -0.2) is 0 Å². The Morgan fingerprint density at radius 1 is 1.55 bits per heavy atom. The molecule has 0 aliphatic carbocycles. The second kappa shape index (κ2) is 6.72. The number of benzene rings is 1. The molecule has 1 aliphatic heterocycles. The molecule has 0 bridgehead atoms. The molecule has 20 heavy (non-hydrogen) atoms. The van der Waals surface area contributed by atoms with E-state index in [1.54, 1.807) is 0 Å². The van der Waals surface area contributed by atoms with Gasteiger partial charge in [0.15, 0.2) is 0 Å². The summed E-state index contributed by atoms with van der Waals surface area (Å²) in [6.07, 6.45) is 2.31. The highest BCUT2D eigenvalue weighted by molar-refractivity contribution is 5.96. The van der Waals surface area contributed by atoms with Gasteiger partial charge in [0.05, 0.1) is 6.10 Å². The van der Waals surface area contributed by atoms with Crippen molar-refractivity contribution in [2.24, 2.45) is 5.84 Å². The highest BCUT2D eigenvalue weighted by Gasteiger charge is 2.23. The topological polar surface area (TPSA) is 67.6 Å². The predicted molar refractivity (Wildman–Crippen MR) is 79.5 cm³/mol. The summed E-state index contributed by atoms with van der Waals surface area (Å²) in [5, 5.41) is 0. The summed E-state index contributed by atoms with van der Waals surface area (Å²) in [5.41, 5.74) is 5.05. The predicted octanol–water partition coefficient (Wildman–Crippen LogP) is 1.92. The smallest absolute Gasteiger partial charge is 0.254 e. The standard InChI is InChI=1S/C15H23N3O2/c1-3-18(10-13-5-4-8-20-13)15(19)14-7-6-12(17-16)9-11(14)2/h6-7,9,13,17H,3-5,8,10,16H2,1-2H3. The number of hydrogen-bond donors (Lipinski definition) is 2. The van der Waals surface area contributed by atoms with Gasteiger partial charge >= 0.3 is 0 Å². The Morgan fingerprint density at radius 3 is 2.90 bits per heavy atom. The van der Waals surface area contributed by atoms with Crippen LogP contribution in [0.1, 0.15) is 35.7 Å². The minimum absolute atomic E-state index is 0.0593. The van der Waals surface area contributed by atoms with Crippen LogP contribution in [0.25, 0.3) is 0 Å².